The van der Waals surface area contributed by atoms with Crippen LogP contribution in [0.1, 0.15) is 54.7 Å². The Hall–Kier alpha value is -2.26. The van der Waals surface area contributed by atoms with E-state index in [1.807, 2.05) is 0 Å². The smallest absolute Gasteiger partial charge is 0.261 e. The first kappa shape index (κ1) is 21.0. The number of nitrogens with zero attached hydrogens (tertiary/aromatic N) is 3. The summed E-state index contributed by atoms with van der Waals surface area (Å²) in [5, 5.41) is 3.47. The number of carbonyl (C=O) groups is 1. The minimum Gasteiger partial charge on any atom is -0.348 e. The predicted octanol–water partition coefficient (Wildman–Crippen LogP) is 1.67. The number of nitrogens with one attached hydrogen (secondary N) is 1. The largest absolute Gasteiger partial charge is 0.348 e. The Kier molecular flexibility index (Phi) is 5.92. The highest BCUT2D eigenvalue weighted by Gasteiger charge is 2.27. The Bertz CT molecular complexity index is 1130. The maximum atomic E-state index is 12.9. The molecule has 0 aliphatic carbocycles. The van der Waals surface area contributed by atoms with Crippen molar-refractivity contribution in [1.29, 1.82) is 0 Å². The van der Waals surface area contributed by atoms with E-state index in [1.165, 1.54) is 10.6 Å². The summed E-state index contributed by atoms with van der Waals surface area (Å²) >= 11 is 0. The fraction of sp³-hybridized carbons (Fsp3) is 0.571. The Morgan fingerprint density at radius 2 is 1.93 bits per heavy atom. The van der Waals surface area contributed by atoms with Crippen LogP contribution in [0.2, 0.25) is 0 Å². The number of sulfonamides is 1. The molecular weight excluding hydrogens is 404 g/mol. The molecule has 2 aromatic rings. The van der Waals surface area contributed by atoms with Gasteiger partial charge in [0, 0.05) is 37.7 Å². The second-order valence-corrected chi connectivity index (χ2v) is 10.3. The van der Waals surface area contributed by atoms with Crippen molar-refractivity contribution < 1.29 is 13.2 Å². The maximum absolute atomic E-state index is 12.9. The van der Waals surface area contributed by atoms with Gasteiger partial charge in [0.15, 0.2) is 0 Å². The number of hydrogen-bond donors (Lipinski definition) is 1. The van der Waals surface area contributed by atoms with Gasteiger partial charge in [-0.15, -0.1) is 0 Å². The molecule has 1 aromatic heterocycles. The van der Waals surface area contributed by atoms with E-state index in [9.17, 15) is 18.0 Å². The molecule has 4 rings (SSSR count). The number of aromatic nitrogens is 2. The fourth-order valence-corrected chi connectivity index (χ4v) is 5.28. The minimum atomic E-state index is -3.27. The molecule has 0 spiro atoms. The molecule has 1 saturated heterocycles. The summed E-state index contributed by atoms with van der Waals surface area (Å²) in [6, 6.07) is 4.76. The molecule has 9 heteroatoms. The number of carbonyl (C=O) groups excluding carboxylic acids is 1. The van der Waals surface area contributed by atoms with Gasteiger partial charge >= 0.3 is 0 Å². The Balaban J connectivity index is 1.58. The Morgan fingerprint density at radius 3 is 2.73 bits per heavy atom. The van der Waals surface area contributed by atoms with E-state index in [-0.39, 0.29) is 24.1 Å². The zero-order chi connectivity index (χ0) is 21.3. The van der Waals surface area contributed by atoms with Gasteiger partial charge in [0.25, 0.3) is 11.5 Å². The second kappa shape index (κ2) is 8.47. The molecule has 2 aliphatic rings. The van der Waals surface area contributed by atoms with E-state index < -0.39 is 10.0 Å². The molecule has 1 N–H and O–H groups in total. The molecule has 1 aromatic carbocycles. The van der Waals surface area contributed by atoms with Gasteiger partial charge in [-0.3, -0.25) is 14.2 Å². The number of amides is 1. The van der Waals surface area contributed by atoms with Crippen molar-refractivity contribution in [2.75, 3.05) is 19.3 Å². The van der Waals surface area contributed by atoms with E-state index in [1.54, 1.807) is 22.8 Å². The summed E-state index contributed by atoms with van der Waals surface area (Å²) in [4.78, 5) is 30.4. The fourth-order valence-electron chi connectivity index (χ4n) is 4.37. The molecule has 8 nitrogen and oxygen atoms in total. The van der Waals surface area contributed by atoms with Crippen molar-refractivity contribution >= 4 is 26.8 Å². The van der Waals surface area contributed by atoms with Crippen LogP contribution in [0, 0.1) is 0 Å². The number of piperidine rings is 1. The lowest BCUT2D eigenvalue weighted by Gasteiger charge is -2.31. The van der Waals surface area contributed by atoms with Crippen LogP contribution in [-0.2, 0) is 23.0 Å². The molecule has 1 atom stereocenters. The minimum absolute atomic E-state index is 0.0417. The summed E-state index contributed by atoms with van der Waals surface area (Å²) < 4.78 is 26.8. The molecule has 0 bridgehead atoms. The van der Waals surface area contributed by atoms with E-state index >= 15 is 0 Å². The highest BCUT2D eigenvalue weighted by atomic mass is 32.2. The lowest BCUT2D eigenvalue weighted by atomic mass is 10.1. The Labute approximate surface area is 176 Å². The van der Waals surface area contributed by atoms with E-state index in [4.69, 9.17) is 4.98 Å². The van der Waals surface area contributed by atoms with Crippen LogP contribution in [0.3, 0.4) is 0 Å². The monoisotopic (exact) mass is 432 g/mol. The third-order valence-electron chi connectivity index (χ3n) is 6.02. The lowest BCUT2D eigenvalue weighted by Crippen LogP contribution is -2.49. The van der Waals surface area contributed by atoms with Gasteiger partial charge in [-0.25, -0.2) is 17.7 Å². The molecule has 0 saturated carbocycles. The van der Waals surface area contributed by atoms with Crippen LogP contribution >= 0.6 is 0 Å². The van der Waals surface area contributed by atoms with Crippen LogP contribution in [0.15, 0.2) is 23.0 Å². The SMILES string of the molecule is CS(=O)(=O)N1CCCC(NC(=O)c2ccc3c(=O)n4c(nc3c2)CCCCCC4)C1. The van der Waals surface area contributed by atoms with Crippen molar-refractivity contribution in [3.05, 3.63) is 39.9 Å². The summed E-state index contributed by atoms with van der Waals surface area (Å²) in [5.74, 6) is 0.520. The number of rotatable bonds is 3. The first-order valence-electron chi connectivity index (χ1n) is 10.6. The normalized spacial score (nSPS) is 20.9. The van der Waals surface area contributed by atoms with Gasteiger partial charge in [-0.1, -0.05) is 12.8 Å². The molecule has 0 radical (unpaired) electrons. The molecule has 1 fully saturated rings. The molecule has 2 aliphatic heterocycles. The third kappa shape index (κ3) is 4.41. The van der Waals surface area contributed by atoms with Crippen LogP contribution in [-0.4, -0.2) is 53.6 Å². The average Bonchev–Trinajstić information content (AvgIpc) is 2.68. The predicted molar refractivity (Wildman–Crippen MR) is 115 cm³/mol. The van der Waals surface area contributed by atoms with Crippen LogP contribution in [0.4, 0.5) is 0 Å². The van der Waals surface area contributed by atoms with Crippen molar-refractivity contribution in [1.82, 2.24) is 19.2 Å². The molecule has 30 heavy (non-hydrogen) atoms. The number of aryl methyl sites for hydroxylation is 1. The highest BCUT2D eigenvalue weighted by Crippen LogP contribution is 2.18. The molecular formula is C21H28N4O4S. The van der Waals surface area contributed by atoms with Crippen molar-refractivity contribution in [2.45, 2.75) is 57.5 Å². The van der Waals surface area contributed by atoms with Gasteiger partial charge in [0.05, 0.1) is 17.2 Å². The van der Waals surface area contributed by atoms with Crippen molar-refractivity contribution in [3.8, 4) is 0 Å². The summed E-state index contributed by atoms with van der Waals surface area (Å²) in [7, 11) is -3.27. The van der Waals surface area contributed by atoms with E-state index in [0.717, 1.165) is 44.3 Å². The Morgan fingerprint density at radius 1 is 1.13 bits per heavy atom. The van der Waals surface area contributed by atoms with Crippen LogP contribution in [0.25, 0.3) is 10.9 Å². The first-order valence-corrected chi connectivity index (χ1v) is 12.5. The molecule has 1 unspecified atom stereocenters. The topological polar surface area (TPSA) is 101 Å². The third-order valence-corrected chi connectivity index (χ3v) is 7.29. The quantitative estimate of drug-likeness (QED) is 0.795. The summed E-state index contributed by atoms with van der Waals surface area (Å²) in [6.07, 6.45) is 7.66. The van der Waals surface area contributed by atoms with Gasteiger partial charge in [-0.05, 0) is 43.9 Å². The zero-order valence-electron chi connectivity index (χ0n) is 17.3. The maximum Gasteiger partial charge on any atom is 0.261 e. The van der Waals surface area contributed by atoms with Gasteiger partial charge < -0.3 is 5.32 Å². The van der Waals surface area contributed by atoms with Gasteiger partial charge in [0.2, 0.25) is 10.0 Å². The van der Waals surface area contributed by atoms with Gasteiger partial charge in [0.1, 0.15) is 5.82 Å². The number of hydrogen-bond acceptors (Lipinski definition) is 5. The average molecular weight is 433 g/mol. The number of fused-ring (bicyclic) bond motifs is 2. The zero-order valence-corrected chi connectivity index (χ0v) is 18.1. The van der Waals surface area contributed by atoms with Gasteiger partial charge in [-0.2, -0.15) is 0 Å². The standard InChI is InChI=1S/C21H28N4O4S/c1-30(28,29)24-11-6-7-16(14-24)22-20(26)15-9-10-17-18(13-15)23-19-8-4-2-3-5-12-25(19)21(17)27/h9-10,13,16H,2-8,11-12,14H2,1H3,(H,22,26). The van der Waals surface area contributed by atoms with Crippen LogP contribution < -0.4 is 10.9 Å². The lowest BCUT2D eigenvalue weighted by molar-refractivity contribution is 0.0921. The van der Waals surface area contributed by atoms with E-state index in [0.29, 0.717) is 36.0 Å². The summed E-state index contributed by atoms with van der Waals surface area (Å²) in [6.45, 7) is 1.46. The first-order chi connectivity index (χ1) is 14.3. The summed E-state index contributed by atoms with van der Waals surface area (Å²) in [5.41, 5.74) is 0.933. The highest BCUT2D eigenvalue weighted by molar-refractivity contribution is 7.88. The van der Waals surface area contributed by atoms with Crippen LogP contribution in [0.5, 0.6) is 0 Å². The van der Waals surface area contributed by atoms with Crippen molar-refractivity contribution in [3.63, 3.8) is 0 Å². The number of benzene rings is 1. The molecule has 1 amide bonds. The molecule has 162 valence electrons. The van der Waals surface area contributed by atoms with Crippen molar-refractivity contribution in [2.24, 2.45) is 0 Å². The second-order valence-electron chi connectivity index (χ2n) is 8.31. The molecule has 3 heterocycles. The van der Waals surface area contributed by atoms with E-state index in [2.05, 4.69) is 5.32 Å².